The first-order valence-corrected chi connectivity index (χ1v) is 6.65. The monoisotopic (exact) mass is 324 g/mol. The molecule has 4 nitrogen and oxygen atoms in total. The van der Waals surface area contributed by atoms with Crippen molar-refractivity contribution < 1.29 is 22.7 Å². The molecule has 0 aliphatic rings. The molecule has 0 unspecified atom stereocenters. The van der Waals surface area contributed by atoms with Crippen molar-refractivity contribution in [3.8, 4) is 0 Å². The lowest BCUT2D eigenvalue weighted by atomic mass is 10.1. The minimum atomic E-state index is -4.55. The highest BCUT2D eigenvalue weighted by atomic mass is 19.4. The highest BCUT2D eigenvalue weighted by molar-refractivity contribution is 5.97. The summed E-state index contributed by atoms with van der Waals surface area (Å²) >= 11 is 0. The van der Waals surface area contributed by atoms with Crippen molar-refractivity contribution in [2.24, 2.45) is 0 Å². The number of anilines is 3. The topological polar surface area (TPSA) is 64.3 Å². The number of nitrogen functional groups attached to an aromatic ring is 1. The standard InChI is InChI=1S/C16H15F3N2O2/c1-9-3-5-14(12(20)7-9)21-13-6-4-10(16(17,18)19)8-11(13)15(22)23-2/h3-8,21H,20H2,1-2H3. The molecule has 2 aromatic rings. The van der Waals surface area contributed by atoms with Gasteiger partial charge in [0, 0.05) is 0 Å². The van der Waals surface area contributed by atoms with Crippen molar-refractivity contribution in [1.82, 2.24) is 0 Å². The van der Waals surface area contributed by atoms with E-state index in [0.717, 1.165) is 24.8 Å². The van der Waals surface area contributed by atoms with Gasteiger partial charge < -0.3 is 15.8 Å². The molecule has 0 heterocycles. The van der Waals surface area contributed by atoms with Crippen LogP contribution in [0.2, 0.25) is 0 Å². The van der Waals surface area contributed by atoms with Crippen molar-refractivity contribution in [2.45, 2.75) is 13.1 Å². The van der Waals surface area contributed by atoms with Gasteiger partial charge in [0.1, 0.15) is 0 Å². The van der Waals surface area contributed by atoms with Crippen LogP contribution in [0.1, 0.15) is 21.5 Å². The first-order valence-electron chi connectivity index (χ1n) is 6.65. The van der Waals surface area contributed by atoms with Gasteiger partial charge in [-0.2, -0.15) is 13.2 Å². The molecule has 0 bridgehead atoms. The van der Waals surface area contributed by atoms with Gasteiger partial charge >= 0.3 is 12.1 Å². The molecule has 7 heteroatoms. The van der Waals surface area contributed by atoms with E-state index in [1.165, 1.54) is 6.07 Å². The fourth-order valence-corrected chi connectivity index (χ4v) is 2.05. The van der Waals surface area contributed by atoms with Gasteiger partial charge in [-0.25, -0.2) is 4.79 Å². The molecule has 0 fully saturated rings. The first kappa shape index (κ1) is 16.7. The molecule has 0 radical (unpaired) electrons. The third kappa shape index (κ3) is 3.74. The number of ether oxygens (including phenoxy) is 1. The van der Waals surface area contributed by atoms with Crippen LogP contribution in [0.4, 0.5) is 30.2 Å². The van der Waals surface area contributed by atoms with Crippen LogP contribution in [0, 0.1) is 6.92 Å². The highest BCUT2D eigenvalue weighted by Gasteiger charge is 2.32. The molecule has 0 atom stereocenters. The Balaban J connectivity index is 2.47. The number of rotatable bonds is 3. The van der Waals surface area contributed by atoms with E-state index in [4.69, 9.17) is 5.73 Å². The number of hydrogen-bond donors (Lipinski definition) is 2. The van der Waals surface area contributed by atoms with Crippen LogP contribution in [0.25, 0.3) is 0 Å². The van der Waals surface area contributed by atoms with E-state index < -0.39 is 17.7 Å². The minimum absolute atomic E-state index is 0.181. The number of benzene rings is 2. The Labute approximate surface area is 131 Å². The van der Waals surface area contributed by atoms with E-state index in [2.05, 4.69) is 10.1 Å². The van der Waals surface area contributed by atoms with Crippen LogP contribution in [0.15, 0.2) is 36.4 Å². The van der Waals surface area contributed by atoms with E-state index in [0.29, 0.717) is 11.4 Å². The quantitative estimate of drug-likeness (QED) is 0.658. The number of carbonyl (C=O) groups excluding carboxylic acids is 1. The summed E-state index contributed by atoms with van der Waals surface area (Å²) in [5, 5.41) is 2.87. The zero-order valence-electron chi connectivity index (χ0n) is 12.5. The smallest absolute Gasteiger partial charge is 0.416 e. The number of carbonyl (C=O) groups is 1. The summed E-state index contributed by atoms with van der Waals surface area (Å²) < 4.78 is 43.0. The van der Waals surface area contributed by atoms with E-state index in [9.17, 15) is 18.0 Å². The second-order valence-electron chi connectivity index (χ2n) is 4.97. The van der Waals surface area contributed by atoms with Gasteiger partial charge in [0.2, 0.25) is 0 Å². The predicted molar refractivity (Wildman–Crippen MR) is 81.7 cm³/mol. The molecule has 2 rings (SSSR count). The fourth-order valence-electron chi connectivity index (χ4n) is 2.05. The SMILES string of the molecule is COC(=O)c1cc(C(F)(F)F)ccc1Nc1ccc(C)cc1N. The zero-order chi connectivity index (χ0) is 17.2. The number of halogens is 3. The van der Waals surface area contributed by atoms with E-state index in [1.807, 2.05) is 6.92 Å². The Morgan fingerprint density at radius 3 is 2.35 bits per heavy atom. The third-order valence-electron chi connectivity index (χ3n) is 3.23. The predicted octanol–water partition coefficient (Wildman–Crippen LogP) is 4.13. The van der Waals surface area contributed by atoms with Gasteiger partial charge in [0.25, 0.3) is 0 Å². The average Bonchev–Trinajstić information content (AvgIpc) is 2.48. The fraction of sp³-hybridized carbons (Fsp3) is 0.188. The molecule has 0 aromatic heterocycles. The number of aryl methyl sites for hydroxylation is 1. The molecular weight excluding hydrogens is 309 g/mol. The Bertz CT molecular complexity index is 743. The molecule has 0 saturated carbocycles. The Kier molecular flexibility index (Phi) is 4.49. The zero-order valence-corrected chi connectivity index (χ0v) is 12.5. The van der Waals surface area contributed by atoms with Crippen LogP contribution >= 0.6 is 0 Å². The molecule has 3 N–H and O–H groups in total. The van der Waals surface area contributed by atoms with Crippen LogP contribution in [-0.4, -0.2) is 13.1 Å². The molecular formula is C16H15F3N2O2. The van der Waals surface area contributed by atoms with Crippen molar-refractivity contribution in [1.29, 1.82) is 0 Å². The number of nitrogens with one attached hydrogen (secondary N) is 1. The van der Waals surface area contributed by atoms with Gasteiger partial charge in [-0.15, -0.1) is 0 Å². The highest BCUT2D eigenvalue weighted by Crippen LogP contribution is 2.33. The Hall–Kier alpha value is -2.70. The lowest BCUT2D eigenvalue weighted by molar-refractivity contribution is -0.137. The van der Waals surface area contributed by atoms with E-state index in [-0.39, 0.29) is 11.3 Å². The second kappa shape index (κ2) is 6.20. The Morgan fingerprint density at radius 1 is 1.13 bits per heavy atom. The maximum atomic E-state index is 12.8. The van der Waals surface area contributed by atoms with E-state index in [1.54, 1.807) is 18.2 Å². The number of alkyl halides is 3. The van der Waals surface area contributed by atoms with Gasteiger partial charge in [-0.05, 0) is 42.8 Å². The first-order chi connectivity index (χ1) is 10.7. The molecule has 2 aromatic carbocycles. The summed E-state index contributed by atoms with van der Waals surface area (Å²) in [5.41, 5.74) is 6.74. The average molecular weight is 324 g/mol. The molecule has 122 valence electrons. The lowest BCUT2D eigenvalue weighted by Gasteiger charge is -2.15. The maximum Gasteiger partial charge on any atom is 0.416 e. The third-order valence-corrected chi connectivity index (χ3v) is 3.23. The van der Waals surface area contributed by atoms with Crippen molar-refractivity contribution in [3.05, 3.63) is 53.1 Å². The molecule has 0 aliphatic heterocycles. The maximum absolute atomic E-state index is 12.8. The largest absolute Gasteiger partial charge is 0.465 e. The van der Waals surface area contributed by atoms with Crippen LogP contribution in [-0.2, 0) is 10.9 Å². The van der Waals surface area contributed by atoms with Crippen molar-refractivity contribution >= 4 is 23.0 Å². The second-order valence-corrected chi connectivity index (χ2v) is 4.97. The van der Waals surface area contributed by atoms with Gasteiger partial charge in [-0.3, -0.25) is 0 Å². The Morgan fingerprint density at radius 2 is 1.78 bits per heavy atom. The molecule has 0 spiro atoms. The van der Waals surface area contributed by atoms with Gasteiger partial charge in [0.15, 0.2) is 0 Å². The summed E-state index contributed by atoms with van der Waals surface area (Å²) in [6, 6.07) is 8.00. The summed E-state index contributed by atoms with van der Waals surface area (Å²) in [6.07, 6.45) is -4.55. The molecule has 0 aliphatic carbocycles. The normalized spacial score (nSPS) is 11.2. The summed E-state index contributed by atoms with van der Waals surface area (Å²) in [7, 11) is 1.10. The van der Waals surface area contributed by atoms with Crippen LogP contribution in [0.3, 0.4) is 0 Å². The number of hydrogen-bond acceptors (Lipinski definition) is 4. The van der Waals surface area contributed by atoms with Crippen molar-refractivity contribution in [2.75, 3.05) is 18.2 Å². The molecule has 0 amide bonds. The summed E-state index contributed by atoms with van der Waals surface area (Å²) in [5.74, 6) is -0.871. The van der Waals surface area contributed by atoms with Gasteiger partial charge in [-0.1, -0.05) is 6.07 Å². The number of esters is 1. The summed E-state index contributed by atoms with van der Waals surface area (Å²) in [6.45, 7) is 1.86. The van der Waals surface area contributed by atoms with E-state index >= 15 is 0 Å². The molecule has 23 heavy (non-hydrogen) atoms. The van der Waals surface area contributed by atoms with Gasteiger partial charge in [0.05, 0.1) is 35.3 Å². The summed E-state index contributed by atoms with van der Waals surface area (Å²) in [4.78, 5) is 11.8. The number of nitrogens with two attached hydrogens (primary N) is 1. The lowest BCUT2D eigenvalue weighted by Crippen LogP contribution is -2.11. The number of methoxy groups -OCH3 is 1. The minimum Gasteiger partial charge on any atom is -0.465 e. The molecule has 0 saturated heterocycles. The van der Waals surface area contributed by atoms with Crippen molar-refractivity contribution in [3.63, 3.8) is 0 Å². The van der Waals surface area contributed by atoms with Crippen LogP contribution < -0.4 is 11.1 Å². The van der Waals surface area contributed by atoms with Crippen LogP contribution in [0.5, 0.6) is 0 Å².